The molecule has 3 aromatic heterocycles. The van der Waals surface area contributed by atoms with Gasteiger partial charge in [-0.1, -0.05) is 122 Å². The standard InChI is InChI=1S/C56H31N3S/c1-28-13-3-2-4-16-34-31-14-5-6-17-33(31)44(28)49-45(34)29(26-57)23-41-47(49)38-25-37-32-15-9-12-22-43(32)60-55(37)51-48-42(59(41)54(38)51)24-30(27-58)46-50(48)53-36-19-8-11-21-40(36)56(53)39-20-10-7-18-35(39)52(46)56/h2-15,17-25,34,44,52-53H,1,16H2/b4-2-,13-3-. The second-order valence-corrected chi connectivity index (χ2v) is 18.6. The molecule has 7 aromatic carbocycles. The predicted octanol–water partition coefficient (Wildman–Crippen LogP) is 13.5. The Kier molecular flexibility index (Phi) is 5.54. The van der Waals surface area contributed by atoms with Gasteiger partial charge in [-0.2, -0.15) is 10.5 Å². The molecule has 0 fully saturated rings. The number of hydrogen-bond donors (Lipinski definition) is 0. The van der Waals surface area contributed by atoms with E-state index < -0.39 is 0 Å². The largest absolute Gasteiger partial charge is 0.308 e. The second-order valence-electron chi connectivity index (χ2n) is 17.6. The molecule has 60 heavy (non-hydrogen) atoms. The number of benzene rings is 7. The van der Waals surface area contributed by atoms with E-state index in [4.69, 9.17) is 6.58 Å². The zero-order valence-electron chi connectivity index (χ0n) is 32.3. The Bertz CT molecular complexity index is 3890. The Balaban J connectivity index is 1.19. The third-order valence-corrected chi connectivity index (χ3v) is 16.6. The summed E-state index contributed by atoms with van der Waals surface area (Å²) >= 11 is 1.89. The molecule has 0 saturated heterocycles. The maximum absolute atomic E-state index is 11.3. The summed E-state index contributed by atoms with van der Waals surface area (Å²) in [4.78, 5) is 0. The molecule has 4 heteroatoms. The van der Waals surface area contributed by atoms with Gasteiger partial charge in [-0.3, -0.25) is 0 Å². The van der Waals surface area contributed by atoms with Crippen molar-refractivity contribution in [3.8, 4) is 12.1 Å². The molecule has 10 aromatic rings. The summed E-state index contributed by atoms with van der Waals surface area (Å²) in [6.45, 7) is 4.76. The quantitative estimate of drug-likeness (QED) is 0.154. The van der Waals surface area contributed by atoms with Crippen LogP contribution < -0.4 is 0 Å². The van der Waals surface area contributed by atoms with E-state index in [2.05, 4.69) is 156 Å². The molecular weight excluding hydrogens is 747 g/mol. The molecule has 0 N–H and O–H groups in total. The minimum absolute atomic E-state index is 0.0290. The van der Waals surface area contributed by atoms with Gasteiger partial charge in [-0.25, -0.2) is 0 Å². The van der Waals surface area contributed by atoms with Gasteiger partial charge in [0.1, 0.15) is 0 Å². The lowest BCUT2D eigenvalue weighted by molar-refractivity contribution is 0.333. The molecule has 0 amide bonds. The summed E-state index contributed by atoms with van der Waals surface area (Å²) in [6.07, 6.45) is 9.46. The average Bonchev–Trinajstić information content (AvgIpc) is 3.98. The first-order valence-electron chi connectivity index (χ1n) is 21.0. The van der Waals surface area contributed by atoms with E-state index in [1.165, 1.54) is 97.3 Å². The van der Waals surface area contributed by atoms with E-state index in [0.717, 1.165) is 39.7 Å². The Labute approximate surface area is 349 Å². The van der Waals surface area contributed by atoms with Crippen molar-refractivity contribution in [1.82, 2.24) is 4.40 Å². The van der Waals surface area contributed by atoms with Crippen molar-refractivity contribution >= 4 is 69.6 Å². The van der Waals surface area contributed by atoms with E-state index in [-0.39, 0.29) is 29.1 Å². The Morgan fingerprint density at radius 3 is 2.03 bits per heavy atom. The lowest BCUT2D eigenvalue weighted by atomic mass is 9.43. The molecule has 5 aliphatic carbocycles. The van der Waals surface area contributed by atoms with Gasteiger partial charge in [0.2, 0.25) is 0 Å². The Morgan fingerprint density at radius 2 is 1.27 bits per heavy atom. The summed E-state index contributed by atoms with van der Waals surface area (Å²) in [5.74, 6) is 0.164. The van der Waals surface area contributed by atoms with Gasteiger partial charge in [0.25, 0.3) is 0 Å². The summed E-state index contributed by atoms with van der Waals surface area (Å²) in [5.41, 5.74) is 18.5. The third kappa shape index (κ3) is 3.25. The zero-order chi connectivity index (χ0) is 39.3. The van der Waals surface area contributed by atoms with Crippen molar-refractivity contribution in [2.75, 3.05) is 0 Å². The van der Waals surface area contributed by atoms with Crippen molar-refractivity contribution in [2.24, 2.45) is 0 Å². The fraction of sp³-hybridized carbons (Fsp3) is 0.107. The number of aromatic nitrogens is 1. The fourth-order valence-electron chi connectivity index (χ4n) is 13.5. The van der Waals surface area contributed by atoms with Gasteiger partial charge in [0.15, 0.2) is 0 Å². The summed E-state index contributed by atoms with van der Waals surface area (Å²) in [5, 5.41) is 30.0. The minimum atomic E-state index is -0.182. The van der Waals surface area contributed by atoms with Gasteiger partial charge in [-0.15, -0.1) is 11.3 Å². The summed E-state index contributed by atoms with van der Waals surface area (Å²) in [7, 11) is 0. The molecule has 15 rings (SSSR count). The van der Waals surface area contributed by atoms with Gasteiger partial charge in [-0.05, 0) is 91.9 Å². The second kappa shape index (κ2) is 10.5. The molecule has 3 nitrogen and oxygen atoms in total. The van der Waals surface area contributed by atoms with Crippen LogP contribution in [-0.2, 0) is 5.41 Å². The van der Waals surface area contributed by atoms with Crippen LogP contribution in [0.25, 0.3) is 58.3 Å². The van der Waals surface area contributed by atoms with Crippen LogP contribution in [0.5, 0.6) is 0 Å². The highest BCUT2D eigenvalue weighted by atomic mass is 32.1. The molecule has 5 atom stereocenters. The first-order valence-corrected chi connectivity index (χ1v) is 21.8. The molecule has 276 valence electrons. The van der Waals surface area contributed by atoms with E-state index in [1.807, 2.05) is 11.3 Å². The Hall–Kier alpha value is -7.24. The van der Waals surface area contributed by atoms with Gasteiger partial charge < -0.3 is 4.40 Å². The number of rotatable bonds is 0. The van der Waals surface area contributed by atoms with Crippen LogP contribution in [0.3, 0.4) is 0 Å². The smallest absolute Gasteiger partial charge is 0.0995 e. The van der Waals surface area contributed by atoms with Crippen LogP contribution in [-0.4, -0.2) is 4.40 Å². The molecule has 5 aliphatic rings. The van der Waals surface area contributed by atoms with Crippen LogP contribution in [0, 0.1) is 22.7 Å². The number of hydrogen-bond acceptors (Lipinski definition) is 3. The van der Waals surface area contributed by atoms with Crippen molar-refractivity contribution in [1.29, 1.82) is 10.5 Å². The maximum Gasteiger partial charge on any atom is 0.0995 e. The molecule has 0 aliphatic heterocycles. The topological polar surface area (TPSA) is 52.0 Å². The van der Waals surface area contributed by atoms with E-state index in [1.54, 1.807) is 0 Å². The normalized spacial score (nSPS) is 23.6. The third-order valence-electron chi connectivity index (χ3n) is 15.4. The molecule has 0 saturated carbocycles. The summed E-state index contributed by atoms with van der Waals surface area (Å²) < 4.78 is 5.03. The number of fused-ring (bicyclic) bond motifs is 22. The lowest BCUT2D eigenvalue weighted by Gasteiger charge is -2.58. The van der Waals surface area contributed by atoms with Crippen LogP contribution >= 0.6 is 11.3 Å². The lowest BCUT2D eigenvalue weighted by Crippen LogP contribution is -2.52. The predicted molar refractivity (Wildman–Crippen MR) is 243 cm³/mol. The first kappa shape index (κ1) is 31.7. The maximum atomic E-state index is 11.3. The molecule has 5 unspecified atom stereocenters. The van der Waals surface area contributed by atoms with Crippen LogP contribution in [0.2, 0.25) is 0 Å². The number of nitrogens with zero attached hydrogens (tertiary/aromatic N) is 3. The molecular formula is C56H31N3S. The summed E-state index contributed by atoms with van der Waals surface area (Å²) in [6, 6.07) is 48.1. The fourth-order valence-corrected chi connectivity index (χ4v) is 14.8. The van der Waals surface area contributed by atoms with Crippen molar-refractivity contribution in [2.45, 2.75) is 35.5 Å². The van der Waals surface area contributed by atoms with Gasteiger partial charge in [0.05, 0.1) is 39.8 Å². The van der Waals surface area contributed by atoms with Gasteiger partial charge in [0, 0.05) is 70.8 Å². The SMILES string of the molecule is C=C1/C=C\C=C/CC2c3ccccc3C1c1c2c(C#N)cc2c1c1cc3c4ccccc4sc3c3c4c5c(c(C#N)cc4n2c13)C1c2ccccc2C12c1ccccc1C52. The highest BCUT2D eigenvalue weighted by Gasteiger charge is 2.70. The number of allylic oxidation sites excluding steroid dienone is 5. The molecule has 0 radical (unpaired) electrons. The van der Waals surface area contributed by atoms with Crippen LogP contribution in [0.1, 0.15) is 96.9 Å². The van der Waals surface area contributed by atoms with E-state index in [0.29, 0.717) is 0 Å². The van der Waals surface area contributed by atoms with Crippen molar-refractivity contribution in [3.63, 3.8) is 0 Å². The molecule has 3 heterocycles. The molecule has 2 bridgehead atoms. The van der Waals surface area contributed by atoms with E-state index >= 15 is 0 Å². The monoisotopic (exact) mass is 777 g/mol. The van der Waals surface area contributed by atoms with Crippen molar-refractivity contribution in [3.05, 3.63) is 218 Å². The van der Waals surface area contributed by atoms with E-state index in [9.17, 15) is 10.5 Å². The van der Waals surface area contributed by atoms with Crippen molar-refractivity contribution < 1.29 is 0 Å². The van der Waals surface area contributed by atoms with Crippen LogP contribution in [0.4, 0.5) is 0 Å². The first-order chi connectivity index (χ1) is 29.6. The highest BCUT2D eigenvalue weighted by molar-refractivity contribution is 7.26. The Morgan fingerprint density at radius 1 is 0.617 bits per heavy atom. The van der Waals surface area contributed by atoms with Gasteiger partial charge >= 0.3 is 0 Å². The zero-order valence-corrected chi connectivity index (χ0v) is 33.1. The molecule has 1 spiro atoms. The number of thiophene rings is 1. The number of nitriles is 2. The highest BCUT2D eigenvalue weighted by Crippen LogP contribution is 2.78. The minimum Gasteiger partial charge on any atom is -0.308 e. The average molecular weight is 778 g/mol. The van der Waals surface area contributed by atoms with Crippen LogP contribution in [0.15, 0.2) is 152 Å².